The molecular formula is C32H24Cl2N4O4S2. The molecule has 44 heavy (non-hydrogen) atoms. The van der Waals surface area contributed by atoms with E-state index < -0.39 is 77.2 Å². The fraction of sp³-hybridized carbons (Fsp3) is 0.312. The molecule has 5 rings (SSSR count). The van der Waals surface area contributed by atoms with Crippen LogP contribution in [0.1, 0.15) is 45.9 Å². The van der Waals surface area contributed by atoms with Gasteiger partial charge in [0.2, 0.25) is 0 Å². The van der Waals surface area contributed by atoms with Gasteiger partial charge in [0.05, 0.1) is 47.3 Å². The maximum Gasteiger partial charge on any atom is 0.159 e. The topological polar surface area (TPSA) is 163 Å². The van der Waals surface area contributed by atoms with Gasteiger partial charge in [0.25, 0.3) is 0 Å². The first-order valence-corrected chi connectivity index (χ1v) is 17.9. The third-order valence-electron chi connectivity index (χ3n) is 8.88. The summed E-state index contributed by atoms with van der Waals surface area (Å²) < 4.78 is 53.1. The third-order valence-corrected chi connectivity index (χ3v) is 12.7. The van der Waals surface area contributed by atoms with E-state index >= 15 is 0 Å². The van der Waals surface area contributed by atoms with Crippen molar-refractivity contribution in [1.82, 2.24) is 0 Å². The van der Waals surface area contributed by atoms with E-state index in [0.29, 0.717) is 32.3 Å². The Morgan fingerprint density at radius 1 is 0.523 bits per heavy atom. The van der Waals surface area contributed by atoms with Crippen LogP contribution in [0.2, 0.25) is 10.0 Å². The molecule has 0 bridgehead atoms. The minimum atomic E-state index is -3.76. The lowest BCUT2D eigenvalue weighted by Crippen LogP contribution is -2.46. The van der Waals surface area contributed by atoms with E-state index in [4.69, 9.17) is 23.2 Å². The molecule has 2 saturated heterocycles. The highest BCUT2D eigenvalue weighted by molar-refractivity contribution is 7.91. The van der Waals surface area contributed by atoms with E-state index in [-0.39, 0.29) is 0 Å². The summed E-state index contributed by atoms with van der Waals surface area (Å²) in [5.74, 6) is -6.01. The first-order chi connectivity index (χ1) is 20.8. The summed E-state index contributed by atoms with van der Waals surface area (Å²) in [7, 11) is -7.52. The van der Waals surface area contributed by atoms with Gasteiger partial charge >= 0.3 is 0 Å². The van der Waals surface area contributed by atoms with Crippen LogP contribution in [-0.4, -0.2) is 39.8 Å². The molecule has 2 fully saturated rings. The van der Waals surface area contributed by atoms with Gasteiger partial charge in [0, 0.05) is 33.7 Å². The summed E-state index contributed by atoms with van der Waals surface area (Å²) in [6, 6.07) is 27.5. The fourth-order valence-corrected chi connectivity index (χ4v) is 11.0. The van der Waals surface area contributed by atoms with Gasteiger partial charge in [-0.25, -0.2) is 16.8 Å². The Hall–Kier alpha value is -3.90. The van der Waals surface area contributed by atoms with Crippen LogP contribution in [0.3, 0.4) is 0 Å². The Bertz CT molecular complexity index is 1830. The van der Waals surface area contributed by atoms with Crippen molar-refractivity contribution in [2.75, 3.05) is 23.0 Å². The highest BCUT2D eigenvalue weighted by atomic mass is 35.5. The van der Waals surface area contributed by atoms with Crippen LogP contribution >= 0.6 is 23.2 Å². The van der Waals surface area contributed by atoms with E-state index in [2.05, 4.69) is 24.3 Å². The summed E-state index contributed by atoms with van der Waals surface area (Å²) >= 11 is 12.1. The van der Waals surface area contributed by atoms with E-state index in [1.807, 2.05) is 0 Å². The quantitative estimate of drug-likeness (QED) is 0.346. The van der Waals surface area contributed by atoms with Gasteiger partial charge in [-0.05, 0) is 46.5 Å². The molecule has 0 radical (unpaired) electrons. The average molecular weight is 664 g/mol. The van der Waals surface area contributed by atoms with Crippen LogP contribution in [0.15, 0.2) is 72.8 Å². The molecule has 3 aromatic carbocycles. The molecule has 0 spiro atoms. The van der Waals surface area contributed by atoms with Crippen molar-refractivity contribution in [3.05, 3.63) is 105 Å². The normalized spacial score (nSPS) is 26.1. The first-order valence-electron chi connectivity index (χ1n) is 13.5. The van der Waals surface area contributed by atoms with E-state index in [0.717, 1.165) is 0 Å². The molecule has 3 aromatic rings. The van der Waals surface area contributed by atoms with Crippen LogP contribution in [0, 0.1) is 56.2 Å². The summed E-state index contributed by atoms with van der Waals surface area (Å²) in [4.78, 5) is 0. The third kappa shape index (κ3) is 5.45. The highest BCUT2D eigenvalue weighted by Gasteiger charge is 2.57. The van der Waals surface area contributed by atoms with Crippen molar-refractivity contribution in [3.8, 4) is 24.3 Å². The molecule has 4 atom stereocenters. The van der Waals surface area contributed by atoms with Gasteiger partial charge in [0.1, 0.15) is 0 Å². The first kappa shape index (κ1) is 31.5. The fourth-order valence-electron chi connectivity index (χ4n) is 6.66. The molecule has 0 aliphatic carbocycles. The number of nitrogens with zero attached hydrogens (tertiary/aromatic N) is 4. The molecular weight excluding hydrogens is 639 g/mol. The molecule has 0 N–H and O–H groups in total. The Morgan fingerprint density at radius 2 is 0.818 bits per heavy atom. The molecule has 2 aliphatic heterocycles. The van der Waals surface area contributed by atoms with Crippen molar-refractivity contribution in [3.63, 3.8) is 0 Å². The zero-order valence-corrected chi connectivity index (χ0v) is 26.2. The number of nitriles is 4. The predicted molar refractivity (Wildman–Crippen MR) is 165 cm³/mol. The smallest absolute Gasteiger partial charge is 0.159 e. The van der Waals surface area contributed by atoms with E-state index in [9.17, 15) is 37.9 Å². The maximum atomic E-state index is 13.3. The SMILES string of the molecule is N#CC1(C#N)C(c2ccc(Cl)cc2)CS(=O)(=O)CC1c1cccc(C2CS(=O)(=O)CC(c3ccc(Cl)cc3)C2(C#N)C#N)c1. The molecule has 2 aliphatic rings. The number of hydrogen-bond donors (Lipinski definition) is 0. The lowest BCUT2D eigenvalue weighted by molar-refractivity contribution is 0.344. The zero-order chi connectivity index (χ0) is 31.9. The number of hydrogen-bond acceptors (Lipinski definition) is 8. The molecule has 222 valence electrons. The van der Waals surface area contributed by atoms with Crippen LogP contribution < -0.4 is 0 Å². The molecule has 4 unspecified atom stereocenters. The number of benzene rings is 3. The summed E-state index contributed by atoms with van der Waals surface area (Å²) in [5.41, 5.74) is -2.02. The van der Waals surface area contributed by atoms with E-state index in [1.165, 1.54) is 0 Å². The Morgan fingerprint density at radius 3 is 1.11 bits per heavy atom. The summed E-state index contributed by atoms with van der Waals surface area (Å²) in [6.07, 6.45) is 0. The van der Waals surface area contributed by atoms with Crippen molar-refractivity contribution >= 4 is 42.9 Å². The minimum absolute atomic E-state index is 0.323. The molecule has 0 amide bonds. The zero-order valence-electron chi connectivity index (χ0n) is 23.1. The lowest BCUT2D eigenvalue weighted by Gasteiger charge is -2.42. The Balaban J connectivity index is 1.67. The van der Waals surface area contributed by atoms with Crippen molar-refractivity contribution in [2.45, 2.75) is 23.7 Å². The van der Waals surface area contributed by atoms with Gasteiger partial charge in [-0.1, -0.05) is 71.7 Å². The van der Waals surface area contributed by atoms with Crippen LogP contribution in [0.4, 0.5) is 0 Å². The van der Waals surface area contributed by atoms with Gasteiger partial charge < -0.3 is 0 Å². The van der Waals surface area contributed by atoms with E-state index in [1.54, 1.807) is 72.8 Å². The Labute approximate surface area is 266 Å². The second kappa shape index (κ2) is 11.6. The monoisotopic (exact) mass is 662 g/mol. The number of sulfone groups is 2. The molecule has 0 saturated carbocycles. The lowest BCUT2D eigenvalue weighted by atomic mass is 9.63. The standard InChI is InChI=1S/C32H24Cl2N4O4S2/c33-25-8-4-21(5-9-25)27-13-43(39,40)15-29(31(27,17-35)18-36)23-2-1-3-24(12-23)30-16-44(41,42)14-28(32(30,19-37)20-38)22-6-10-26(34)11-7-22/h1-12,27-30H,13-16H2. The van der Waals surface area contributed by atoms with Crippen LogP contribution in [-0.2, 0) is 19.7 Å². The van der Waals surface area contributed by atoms with Gasteiger partial charge in [0.15, 0.2) is 30.5 Å². The summed E-state index contributed by atoms with van der Waals surface area (Å²) in [5, 5.41) is 42.8. The van der Waals surface area contributed by atoms with Gasteiger partial charge in [-0.2, -0.15) is 21.0 Å². The van der Waals surface area contributed by atoms with Crippen LogP contribution in [0.25, 0.3) is 0 Å². The molecule has 2 heterocycles. The maximum absolute atomic E-state index is 13.3. The molecule has 12 heteroatoms. The predicted octanol–water partition coefficient (Wildman–Crippen LogP) is 5.65. The highest BCUT2D eigenvalue weighted by Crippen LogP contribution is 2.54. The molecule has 0 aromatic heterocycles. The second-order valence-corrected chi connectivity index (χ2v) is 16.5. The van der Waals surface area contributed by atoms with Crippen LogP contribution in [0.5, 0.6) is 0 Å². The van der Waals surface area contributed by atoms with Crippen molar-refractivity contribution in [1.29, 1.82) is 21.0 Å². The summed E-state index contributed by atoms with van der Waals surface area (Å²) in [6.45, 7) is 0. The van der Waals surface area contributed by atoms with Gasteiger partial charge in [-0.3, -0.25) is 0 Å². The van der Waals surface area contributed by atoms with Crippen molar-refractivity contribution in [2.24, 2.45) is 10.8 Å². The minimum Gasteiger partial charge on any atom is -0.229 e. The average Bonchev–Trinajstić information content (AvgIpc) is 3.01. The van der Waals surface area contributed by atoms with Crippen molar-refractivity contribution < 1.29 is 16.8 Å². The number of rotatable bonds is 4. The largest absolute Gasteiger partial charge is 0.229 e. The Kier molecular flexibility index (Phi) is 8.27. The number of halogens is 2. The molecule has 8 nitrogen and oxygen atoms in total. The van der Waals surface area contributed by atoms with Gasteiger partial charge in [-0.15, -0.1) is 0 Å². The second-order valence-electron chi connectivity index (χ2n) is 11.3.